The Morgan fingerprint density at radius 2 is 1.11 bits per heavy atom. The molecule has 38 heavy (non-hydrogen) atoms. The summed E-state index contributed by atoms with van der Waals surface area (Å²) in [6.45, 7) is 0. The zero-order valence-electron chi connectivity index (χ0n) is 19.5. The molecule has 4 aromatic carbocycles. The zero-order valence-corrected chi connectivity index (χ0v) is 22.6. The molecule has 0 aliphatic heterocycles. The number of hydrogen-bond donors (Lipinski definition) is 2. The maximum Gasteiger partial charge on any atom is 0.296 e. The van der Waals surface area contributed by atoms with Crippen LogP contribution in [-0.2, 0) is 19.5 Å². The zero-order chi connectivity index (χ0) is 27.1. The molecule has 194 valence electrons. The molecular formula is C28H20Cl2O6S2. The molecule has 0 bridgehead atoms. The van der Waals surface area contributed by atoms with Crippen molar-refractivity contribution in [1.29, 1.82) is 0 Å². The summed E-state index contributed by atoms with van der Waals surface area (Å²) in [5, 5.41) is 12.4. The minimum atomic E-state index is -4.39. The van der Waals surface area contributed by atoms with E-state index in [0.717, 1.165) is 39.9 Å². The van der Waals surface area contributed by atoms with Gasteiger partial charge in [-0.1, -0.05) is 113 Å². The Morgan fingerprint density at radius 1 is 0.658 bits per heavy atom. The molecule has 0 radical (unpaired) electrons. The van der Waals surface area contributed by atoms with Crippen molar-refractivity contribution in [3.8, 4) is 11.1 Å². The third kappa shape index (κ3) is 7.57. The topological polar surface area (TPSA) is 93.1 Å². The van der Waals surface area contributed by atoms with Gasteiger partial charge in [-0.15, -0.1) is 4.33 Å². The lowest BCUT2D eigenvalue weighted by Crippen LogP contribution is -1.99. The quantitative estimate of drug-likeness (QED) is 0.0665. The maximum atomic E-state index is 11.5. The number of hydrogen-bond acceptors (Lipinski definition) is 6. The molecule has 0 fully saturated rings. The Hall–Kier alpha value is -2.92. The molecule has 10 heteroatoms. The van der Waals surface area contributed by atoms with E-state index in [4.69, 9.17) is 28.5 Å². The van der Waals surface area contributed by atoms with E-state index in [9.17, 15) is 13.0 Å². The van der Waals surface area contributed by atoms with Gasteiger partial charge in [0.2, 0.25) is 0 Å². The summed E-state index contributed by atoms with van der Waals surface area (Å²) in [4.78, 5) is 0.280. The SMILES string of the molecule is O=S(=O)(O)c1cc(/C=C/c2ccc(-c3ccc(/C=C/c4ccc(Cl)c(SOOO)c4)cc3)cc2)ccc1Cl. The molecule has 0 unspecified atom stereocenters. The van der Waals surface area contributed by atoms with Crippen molar-refractivity contribution in [2.45, 2.75) is 9.79 Å². The average Bonchev–Trinajstić information content (AvgIpc) is 2.91. The monoisotopic (exact) mass is 586 g/mol. The van der Waals surface area contributed by atoms with Crippen molar-refractivity contribution < 1.29 is 27.6 Å². The van der Waals surface area contributed by atoms with Gasteiger partial charge in [0.1, 0.15) is 4.90 Å². The predicted octanol–water partition coefficient (Wildman–Crippen LogP) is 8.68. The van der Waals surface area contributed by atoms with Gasteiger partial charge in [-0.25, -0.2) is 5.26 Å². The smallest absolute Gasteiger partial charge is 0.282 e. The summed E-state index contributed by atoms with van der Waals surface area (Å²) >= 11 is 12.8. The molecule has 4 aromatic rings. The highest BCUT2D eigenvalue weighted by molar-refractivity contribution is 7.94. The molecule has 0 spiro atoms. The van der Waals surface area contributed by atoms with Gasteiger partial charge in [-0.2, -0.15) is 8.42 Å². The summed E-state index contributed by atoms with van der Waals surface area (Å²) in [6, 6.07) is 25.9. The highest BCUT2D eigenvalue weighted by atomic mass is 35.5. The first-order valence-electron chi connectivity index (χ1n) is 11.0. The predicted molar refractivity (Wildman–Crippen MR) is 153 cm³/mol. The molecule has 0 heterocycles. The van der Waals surface area contributed by atoms with Crippen LogP contribution in [0.1, 0.15) is 22.3 Å². The lowest BCUT2D eigenvalue weighted by molar-refractivity contribution is -0.432. The summed E-state index contributed by atoms with van der Waals surface area (Å²) in [6.07, 6.45) is 7.51. The fourth-order valence-electron chi connectivity index (χ4n) is 3.52. The molecule has 6 nitrogen and oxygen atoms in total. The summed E-state index contributed by atoms with van der Waals surface area (Å²) in [7, 11) is -4.39. The van der Waals surface area contributed by atoms with E-state index in [1.54, 1.807) is 18.2 Å². The number of halogens is 2. The number of rotatable bonds is 9. The van der Waals surface area contributed by atoms with E-state index < -0.39 is 10.1 Å². The van der Waals surface area contributed by atoms with Crippen LogP contribution in [0.3, 0.4) is 0 Å². The summed E-state index contributed by atoms with van der Waals surface area (Å²) < 4.78 is 36.7. The molecule has 2 N–H and O–H groups in total. The molecule has 0 atom stereocenters. The van der Waals surface area contributed by atoms with E-state index in [-0.39, 0.29) is 9.92 Å². The van der Waals surface area contributed by atoms with E-state index >= 15 is 0 Å². The largest absolute Gasteiger partial charge is 0.296 e. The van der Waals surface area contributed by atoms with Crippen molar-refractivity contribution in [2.24, 2.45) is 0 Å². The van der Waals surface area contributed by atoms with Gasteiger partial charge in [0.25, 0.3) is 10.1 Å². The van der Waals surface area contributed by atoms with E-state index in [2.05, 4.69) is 9.37 Å². The average molecular weight is 588 g/mol. The summed E-state index contributed by atoms with van der Waals surface area (Å²) in [5.74, 6) is 0. The highest BCUT2D eigenvalue weighted by Gasteiger charge is 2.14. The van der Waals surface area contributed by atoms with Crippen molar-refractivity contribution in [2.75, 3.05) is 0 Å². The second-order valence-corrected chi connectivity index (χ2v) is 10.9. The minimum Gasteiger partial charge on any atom is -0.282 e. The van der Waals surface area contributed by atoms with Crippen LogP contribution in [0.15, 0.2) is 94.7 Å². The second-order valence-electron chi connectivity index (χ2n) is 7.99. The first kappa shape index (κ1) is 28.1. The first-order chi connectivity index (χ1) is 18.2. The molecule has 0 aliphatic carbocycles. The molecule has 0 saturated carbocycles. The van der Waals surface area contributed by atoms with Crippen molar-refractivity contribution in [3.63, 3.8) is 0 Å². The number of benzene rings is 4. The van der Waals surface area contributed by atoms with Crippen LogP contribution >= 0.6 is 35.2 Å². The van der Waals surface area contributed by atoms with Gasteiger partial charge in [-0.3, -0.25) is 4.55 Å². The normalized spacial score (nSPS) is 12.0. The van der Waals surface area contributed by atoms with Crippen LogP contribution in [0.25, 0.3) is 35.4 Å². The lowest BCUT2D eigenvalue weighted by Gasteiger charge is -2.05. The molecule has 0 aromatic heterocycles. The Balaban J connectivity index is 1.43. The Bertz CT molecular complexity index is 1580. The third-order valence-electron chi connectivity index (χ3n) is 5.43. The molecule has 0 aliphatic rings. The Labute approximate surface area is 234 Å². The first-order valence-corrected chi connectivity index (χ1v) is 13.9. The molecule has 0 amide bonds. The van der Waals surface area contributed by atoms with Crippen molar-refractivity contribution >= 4 is 69.7 Å². The van der Waals surface area contributed by atoms with Gasteiger partial charge in [-0.05, 0) is 57.6 Å². The van der Waals surface area contributed by atoms with Crippen LogP contribution in [0, 0.1) is 0 Å². The van der Waals surface area contributed by atoms with Crippen LogP contribution < -0.4 is 0 Å². The fraction of sp³-hybridized carbons (Fsp3) is 0. The van der Waals surface area contributed by atoms with E-state index in [1.807, 2.05) is 78.9 Å². The molecule has 0 saturated heterocycles. The van der Waals surface area contributed by atoms with Crippen molar-refractivity contribution in [1.82, 2.24) is 0 Å². The van der Waals surface area contributed by atoms with Crippen LogP contribution in [-0.4, -0.2) is 18.2 Å². The molecular weight excluding hydrogens is 567 g/mol. The van der Waals surface area contributed by atoms with Gasteiger partial charge in [0.05, 0.1) is 27.0 Å². The van der Waals surface area contributed by atoms with Crippen molar-refractivity contribution in [3.05, 3.63) is 117 Å². The van der Waals surface area contributed by atoms with E-state index in [0.29, 0.717) is 15.5 Å². The molecule has 4 rings (SSSR count). The van der Waals surface area contributed by atoms with Gasteiger partial charge in [0.15, 0.2) is 0 Å². The van der Waals surface area contributed by atoms with Crippen LogP contribution in [0.5, 0.6) is 0 Å². The Kier molecular flexibility index (Phi) is 9.43. The summed E-state index contributed by atoms with van der Waals surface area (Å²) in [5.41, 5.74) is 5.53. The van der Waals surface area contributed by atoms with Crippen LogP contribution in [0.2, 0.25) is 10.0 Å². The standard InChI is InChI=1S/C28H20Cl2O6S2/c29-25-15-9-21(17-27(25)37-36-35-31)3-1-19-5-11-23(12-6-19)24-13-7-20(8-14-24)2-4-22-10-16-26(30)28(18-22)38(32,33)34/h1-18,31H,(H,32,33,34)/b3-1+,4-2+. The van der Waals surface area contributed by atoms with Crippen LogP contribution in [0.4, 0.5) is 0 Å². The van der Waals surface area contributed by atoms with Gasteiger partial charge >= 0.3 is 0 Å². The fourth-order valence-corrected chi connectivity index (χ4v) is 5.18. The Morgan fingerprint density at radius 3 is 1.61 bits per heavy atom. The third-order valence-corrected chi connectivity index (χ3v) is 7.86. The lowest BCUT2D eigenvalue weighted by atomic mass is 10.0. The van der Waals surface area contributed by atoms with E-state index in [1.165, 1.54) is 12.1 Å². The second kappa shape index (κ2) is 12.8. The maximum absolute atomic E-state index is 11.5. The minimum absolute atomic E-state index is 0.0337. The van der Waals surface area contributed by atoms with Gasteiger partial charge in [0, 0.05) is 0 Å². The highest BCUT2D eigenvalue weighted by Crippen LogP contribution is 2.30. The van der Waals surface area contributed by atoms with Gasteiger partial charge < -0.3 is 0 Å².